The Morgan fingerprint density at radius 1 is 1.37 bits per heavy atom. The van der Waals surface area contributed by atoms with Gasteiger partial charge in [0.1, 0.15) is 0 Å². The van der Waals surface area contributed by atoms with Crippen molar-refractivity contribution in [2.75, 3.05) is 5.32 Å². The second-order valence-corrected chi connectivity index (χ2v) is 5.61. The molecule has 1 aromatic rings. The minimum atomic E-state index is -1.05. The zero-order valence-corrected chi connectivity index (χ0v) is 12.4. The Morgan fingerprint density at radius 2 is 2.00 bits per heavy atom. The molecule has 0 saturated heterocycles. The summed E-state index contributed by atoms with van der Waals surface area (Å²) in [6, 6.07) is 4.31. The summed E-state index contributed by atoms with van der Waals surface area (Å²) in [4.78, 5) is 22.7. The molecule has 0 saturated carbocycles. The van der Waals surface area contributed by atoms with E-state index in [0.29, 0.717) is 10.2 Å². The maximum Gasteiger partial charge on any atom is 0.335 e. The molecule has 1 atom stereocenters. The van der Waals surface area contributed by atoms with Crippen molar-refractivity contribution in [2.24, 2.45) is 11.7 Å². The Labute approximate surface area is 120 Å². The fourth-order valence-corrected chi connectivity index (χ4v) is 1.94. The average molecular weight is 329 g/mol. The highest BCUT2D eigenvalue weighted by atomic mass is 79.9. The minimum absolute atomic E-state index is 0.109. The maximum atomic E-state index is 11.8. The monoisotopic (exact) mass is 328 g/mol. The van der Waals surface area contributed by atoms with E-state index in [1.807, 2.05) is 13.8 Å². The molecular weight excluding hydrogens is 312 g/mol. The number of anilines is 1. The van der Waals surface area contributed by atoms with Gasteiger partial charge in [-0.1, -0.05) is 29.8 Å². The summed E-state index contributed by atoms with van der Waals surface area (Å²) >= 11 is 3.21. The summed E-state index contributed by atoms with van der Waals surface area (Å²) in [5.41, 5.74) is 6.36. The third kappa shape index (κ3) is 5.00. The van der Waals surface area contributed by atoms with Gasteiger partial charge in [0.25, 0.3) is 0 Å². The van der Waals surface area contributed by atoms with Crippen molar-refractivity contribution in [2.45, 2.75) is 26.3 Å². The van der Waals surface area contributed by atoms with Crippen molar-refractivity contribution in [3.8, 4) is 0 Å². The van der Waals surface area contributed by atoms with E-state index in [1.54, 1.807) is 6.07 Å². The molecule has 4 N–H and O–H groups in total. The van der Waals surface area contributed by atoms with Gasteiger partial charge in [0.05, 0.1) is 5.56 Å². The number of carboxylic acid groups (broad SMARTS) is 1. The number of amides is 1. The van der Waals surface area contributed by atoms with E-state index in [9.17, 15) is 9.59 Å². The van der Waals surface area contributed by atoms with Gasteiger partial charge in [0.2, 0.25) is 5.91 Å². The molecule has 1 amide bonds. The lowest BCUT2D eigenvalue weighted by Gasteiger charge is -2.15. The van der Waals surface area contributed by atoms with Crippen LogP contribution in [0.5, 0.6) is 0 Å². The van der Waals surface area contributed by atoms with Gasteiger partial charge >= 0.3 is 5.97 Å². The molecule has 1 aromatic carbocycles. The first-order chi connectivity index (χ1) is 8.79. The number of rotatable bonds is 5. The third-order valence-electron chi connectivity index (χ3n) is 2.71. The molecule has 1 unspecified atom stereocenters. The molecule has 104 valence electrons. The van der Waals surface area contributed by atoms with Crippen LogP contribution in [0.1, 0.15) is 30.6 Å². The van der Waals surface area contributed by atoms with Crippen molar-refractivity contribution in [3.63, 3.8) is 0 Å². The lowest BCUT2D eigenvalue weighted by molar-refractivity contribution is -0.116. The topological polar surface area (TPSA) is 92.4 Å². The number of nitrogens with one attached hydrogen (secondary N) is 1. The van der Waals surface area contributed by atoms with E-state index in [1.165, 1.54) is 12.1 Å². The first-order valence-corrected chi connectivity index (χ1v) is 6.68. The molecule has 0 aromatic heterocycles. The molecule has 0 bridgehead atoms. The summed E-state index contributed by atoms with van der Waals surface area (Å²) < 4.78 is 0.593. The van der Waals surface area contributed by atoms with E-state index in [-0.39, 0.29) is 29.9 Å². The van der Waals surface area contributed by atoms with Crippen LogP contribution < -0.4 is 11.1 Å². The van der Waals surface area contributed by atoms with Crippen LogP contribution in [0.15, 0.2) is 22.7 Å². The minimum Gasteiger partial charge on any atom is -0.478 e. The fourth-order valence-electron chi connectivity index (χ4n) is 1.45. The first kappa shape index (κ1) is 15.7. The third-order valence-corrected chi connectivity index (χ3v) is 3.16. The number of carbonyl (C=O) groups is 2. The van der Waals surface area contributed by atoms with E-state index in [0.717, 1.165) is 0 Å². The van der Waals surface area contributed by atoms with Crippen molar-refractivity contribution < 1.29 is 14.7 Å². The molecule has 6 heteroatoms. The standard InChI is InChI=1S/C13H17BrN2O3/c1-7(2)11(15)6-12(17)16-10-4-8(13(18)19)3-9(14)5-10/h3-5,7,11H,6,15H2,1-2H3,(H,16,17)(H,18,19). The number of halogens is 1. The summed E-state index contributed by atoms with van der Waals surface area (Å²) in [6.45, 7) is 3.89. The van der Waals surface area contributed by atoms with Gasteiger partial charge in [0, 0.05) is 22.6 Å². The van der Waals surface area contributed by atoms with Gasteiger partial charge < -0.3 is 16.2 Å². The molecule has 19 heavy (non-hydrogen) atoms. The summed E-state index contributed by atoms with van der Waals surface area (Å²) in [6.07, 6.45) is 0.201. The Bertz CT molecular complexity index is 489. The molecule has 0 aliphatic rings. The molecule has 5 nitrogen and oxygen atoms in total. The van der Waals surface area contributed by atoms with Crippen LogP contribution in [0.3, 0.4) is 0 Å². The van der Waals surface area contributed by atoms with E-state index in [2.05, 4.69) is 21.2 Å². The van der Waals surface area contributed by atoms with Crippen LogP contribution in [0.2, 0.25) is 0 Å². The van der Waals surface area contributed by atoms with Crippen molar-refractivity contribution in [1.82, 2.24) is 0 Å². The highest BCUT2D eigenvalue weighted by Gasteiger charge is 2.14. The van der Waals surface area contributed by atoms with Crippen LogP contribution in [0.4, 0.5) is 5.69 Å². The zero-order chi connectivity index (χ0) is 14.6. The summed E-state index contributed by atoms with van der Waals surface area (Å²) in [5, 5.41) is 11.6. The number of hydrogen-bond donors (Lipinski definition) is 3. The van der Waals surface area contributed by atoms with Gasteiger partial charge in [-0.3, -0.25) is 4.79 Å². The summed E-state index contributed by atoms with van der Waals surface area (Å²) in [5.74, 6) is -1.06. The van der Waals surface area contributed by atoms with Crippen molar-refractivity contribution >= 4 is 33.5 Å². The number of aromatic carboxylic acids is 1. The normalized spacial score (nSPS) is 12.3. The van der Waals surface area contributed by atoms with Crippen LogP contribution >= 0.6 is 15.9 Å². The molecule has 1 rings (SSSR count). The Morgan fingerprint density at radius 3 is 2.53 bits per heavy atom. The molecule has 0 fully saturated rings. The molecule has 0 radical (unpaired) electrons. The van der Waals surface area contributed by atoms with Gasteiger partial charge in [-0.2, -0.15) is 0 Å². The number of carboxylic acids is 1. The van der Waals surface area contributed by atoms with Crippen LogP contribution in [-0.4, -0.2) is 23.0 Å². The number of nitrogens with two attached hydrogens (primary N) is 1. The van der Waals surface area contributed by atoms with E-state index >= 15 is 0 Å². The fraction of sp³-hybridized carbons (Fsp3) is 0.385. The first-order valence-electron chi connectivity index (χ1n) is 5.89. The largest absolute Gasteiger partial charge is 0.478 e. The second-order valence-electron chi connectivity index (χ2n) is 4.69. The number of carbonyl (C=O) groups excluding carboxylic acids is 1. The zero-order valence-electron chi connectivity index (χ0n) is 10.8. The smallest absolute Gasteiger partial charge is 0.335 e. The van der Waals surface area contributed by atoms with Gasteiger partial charge in [0.15, 0.2) is 0 Å². The Balaban J connectivity index is 2.77. The molecular formula is C13H17BrN2O3. The molecule has 0 spiro atoms. The van der Waals surface area contributed by atoms with Crippen LogP contribution in [0.25, 0.3) is 0 Å². The van der Waals surface area contributed by atoms with Gasteiger partial charge in [-0.25, -0.2) is 4.79 Å². The van der Waals surface area contributed by atoms with Crippen molar-refractivity contribution in [1.29, 1.82) is 0 Å². The Kier molecular flexibility index (Phi) is 5.50. The van der Waals surface area contributed by atoms with Gasteiger partial charge in [-0.05, 0) is 24.1 Å². The Hall–Kier alpha value is -1.40. The predicted octanol–water partition coefficient (Wildman–Crippen LogP) is 2.46. The lowest BCUT2D eigenvalue weighted by Crippen LogP contribution is -2.31. The quantitative estimate of drug-likeness (QED) is 0.774. The predicted molar refractivity (Wildman–Crippen MR) is 77.2 cm³/mol. The van der Waals surface area contributed by atoms with Gasteiger partial charge in [-0.15, -0.1) is 0 Å². The highest BCUT2D eigenvalue weighted by Crippen LogP contribution is 2.20. The molecule has 0 heterocycles. The molecule has 0 aliphatic carbocycles. The van der Waals surface area contributed by atoms with E-state index < -0.39 is 5.97 Å². The van der Waals surface area contributed by atoms with E-state index in [4.69, 9.17) is 10.8 Å². The maximum absolute atomic E-state index is 11.8. The number of hydrogen-bond acceptors (Lipinski definition) is 3. The average Bonchev–Trinajstić information content (AvgIpc) is 2.27. The van der Waals surface area contributed by atoms with Crippen molar-refractivity contribution in [3.05, 3.63) is 28.2 Å². The highest BCUT2D eigenvalue weighted by molar-refractivity contribution is 9.10. The van der Waals surface area contributed by atoms with Crippen LogP contribution in [-0.2, 0) is 4.79 Å². The van der Waals surface area contributed by atoms with Crippen LogP contribution in [0, 0.1) is 5.92 Å². The number of benzene rings is 1. The SMILES string of the molecule is CC(C)C(N)CC(=O)Nc1cc(Br)cc(C(=O)O)c1. The lowest BCUT2D eigenvalue weighted by atomic mass is 10.0. The molecule has 0 aliphatic heterocycles. The summed E-state index contributed by atoms with van der Waals surface area (Å²) in [7, 11) is 0. The second kappa shape index (κ2) is 6.68.